The number of rotatable bonds is 4. The van der Waals surface area contributed by atoms with Gasteiger partial charge in [0.05, 0.1) is 16.3 Å². The number of anilines is 1. The van der Waals surface area contributed by atoms with Crippen LogP contribution >= 0.6 is 11.6 Å². The molecule has 0 atom stereocenters. The van der Waals surface area contributed by atoms with E-state index >= 15 is 0 Å². The van der Waals surface area contributed by atoms with Gasteiger partial charge in [0.2, 0.25) is 0 Å². The standard InChI is InChI=1S/C13H13ClF3N3/c1-20-10(5-7-19-20)4-6-18-12-8-9(13(15,16)17)2-3-11(12)14/h2-3,5,7-8,18H,4,6H2,1H3. The minimum atomic E-state index is -4.37. The van der Waals surface area contributed by atoms with Gasteiger partial charge in [-0.1, -0.05) is 11.6 Å². The van der Waals surface area contributed by atoms with Crippen LogP contribution in [0.5, 0.6) is 0 Å². The molecule has 1 aromatic heterocycles. The fourth-order valence-electron chi connectivity index (χ4n) is 1.81. The minimum absolute atomic E-state index is 0.267. The average Bonchev–Trinajstić information content (AvgIpc) is 2.76. The topological polar surface area (TPSA) is 29.9 Å². The normalized spacial score (nSPS) is 11.7. The Balaban J connectivity index is 2.04. The van der Waals surface area contributed by atoms with Crippen LogP contribution in [0.25, 0.3) is 0 Å². The van der Waals surface area contributed by atoms with E-state index in [2.05, 4.69) is 10.4 Å². The zero-order chi connectivity index (χ0) is 14.8. The van der Waals surface area contributed by atoms with Gasteiger partial charge in [0.15, 0.2) is 0 Å². The van der Waals surface area contributed by atoms with E-state index < -0.39 is 11.7 Å². The number of nitrogens with zero attached hydrogens (tertiary/aromatic N) is 2. The lowest BCUT2D eigenvalue weighted by atomic mass is 10.2. The highest BCUT2D eigenvalue weighted by molar-refractivity contribution is 6.33. The third-order valence-corrected chi connectivity index (χ3v) is 3.24. The Bertz CT molecular complexity index is 593. The fraction of sp³-hybridized carbons (Fsp3) is 0.308. The SMILES string of the molecule is Cn1nccc1CCNc1cc(C(F)(F)F)ccc1Cl. The summed E-state index contributed by atoms with van der Waals surface area (Å²) in [5.41, 5.74) is 0.550. The van der Waals surface area contributed by atoms with Crippen molar-refractivity contribution < 1.29 is 13.2 Å². The first-order chi connectivity index (χ1) is 9.38. The van der Waals surface area contributed by atoms with E-state index in [9.17, 15) is 13.2 Å². The lowest BCUT2D eigenvalue weighted by Gasteiger charge is -2.12. The molecular weight excluding hydrogens is 291 g/mol. The molecule has 1 N–H and O–H groups in total. The van der Waals surface area contributed by atoms with Crippen molar-refractivity contribution in [2.75, 3.05) is 11.9 Å². The number of nitrogens with one attached hydrogen (secondary N) is 1. The Morgan fingerprint density at radius 2 is 2.05 bits per heavy atom. The third-order valence-electron chi connectivity index (χ3n) is 2.91. The second-order valence-electron chi connectivity index (χ2n) is 4.32. The maximum absolute atomic E-state index is 12.6. The molecule has 0 amide bonds. The first kappa shape index (κ1) is 14.7. The molecule has 2 aromatic rings. The Hall–Kier alpha value is -1.69. The molecule has 3 nitrogen and oxygen atoms in total. The third kappa shape index (κ3) is 3.45. The molecule has 1 aromatic carbocycles. The molecule has 20 heavy (non-hydrogen) atoms. The molecule has 0 fully saturated rings. The van der Waals surface area contributed by atoms with E-state index in [0.29, 0.717) is 13.0 Å². The molecule has 0 bridgehead atoms. The van der Waals surface area contributed by atoms with Crippen LogP contribution in [-0.4, -0.2) is 16.3 Å². The maximum atomic E-state index is 12.6. The average molecular weight is 304 g/mol. The smallest absolute Gasteiger partial charge is 0.383 e. The molecule has 7 heteroatoms. The van der Waals surface area contributed by atoms with Crippen LogP contribution in [0.4, 0.5) is 18.9 Å². The van der Waals surface area contributed by atoms with Gasteiger partial charge in [-0.05, 0) is 24.3 Å². The summed E-state index contributed by atoms with van der Waals surface area (Å²) in [6, 6.07) is 5.09. The van der Waals surface area contributed by atoms with Gasteiger partial charge < -0.3 is 5.32 Å². The molecule has 0 aliphatic carbocycles. The van der Waals surface area contributed by atoms with Crippen LogP contribution in [0.3, 0.4) is 0 Å². The van der Waals surface area contributed by atoms with Gasteiger partial charge in [0.25, 0.3) is 0 Å². The molecule has 0 saturated carbocycles. The predicted octanol–water partition coefficient (Wildman–Crippen LogP) is 3.75. The van der Waals surface area contributed by atoms with Gasteiger partial charge >= 0.3 is 6.18 Å². The van der Waals surface area contributed by atoms with Crippen LogP contribution < -0.4 is 5.32 Å². The number of aromatic nitrogens is 2. The first-order valence-electron chi connectivity index (χ1n) is 5.95. The summed E-state index contributed by atoms with van der Waals surface area (Å²) in [6.07, 6.45) is -2.06. The van der Waals surface area contributed by atoms with E-state index in [-0.39, 0.29) is 10.7 Å². The summed E-state index contributed by atoms with van der Waals surface area (Å²) in [5.74, 6) is 0. The van der Waals surface area contributed by atoms with Crippen LogP contribution in [-0.2, 0) is 19.6 Å². The maximum Gasteiger partial charge on any atom is 0.416 e. The van der Waals surface area contributed by atoms with Crippen molar-refractivity contribution in [1.29, 1.82) is 0 Å². The zero-order valence-electron chi connectivity index (χ0n) is 10.7. The monoisotopic (exact) mass is 303 g/mol. The first-order valence-corrected chi connectivity index (χ1v) is 6.33. The van der Waals surface area contributed by atoms with Crippen molar-refractivity contribution in [3.63, 3.8) is 0 Å². The van der Waals surface area contributed by atoms with Gasteiger partial charge in [0.1, 0.15) is 0 Å². The number of hydrogen-bond donors (Lipinski definition) is 1. The van der Waals surface area contributed by atoms with Crippen LogP contribution in [0.15, 0.2) is 30.5 Å². The summed E-state index contributed by atoms with van der Waals surface area (Å²) in [5, 5.41) is 7.20. The molecule has 0 aliphatic heterocycles. The summed E-state index contributed by atoms with van der Waals surface area (Å²) in [7, 11) is 1.81. The lowest BCUT2D eigenvalue weighted by Crippen LogP contribution is -2.10. The largest absolute Gasteiger partial charge is 0.416 e. The summed E-state index contributed by atoms with van der Waals surface area (Å²) >= 11 is 5.89. The number of benzene rings is 1. The summed E-state index contributed by atoms with van der Waals surface area (Å²) in [6.45, 7) is 0.473. The molecule has 0 spiro atoms. The molecular formula is C13H13ClF3N3. The van der Waals surface area contributed by atoms with Gasteiger partial charge in [-0.3, -0.25) is 4.68 Å². The van der Waals surface area contributed by atoms with Crippen LogP contribution in [0, 0.1) is 0 Å². The van der Waals surface area contributed by atoms with E-state index in [1.807, 2.05) is 13.1 Å². The summed E-state index contributed by atoms with van der Waals surface area (Å²) < 4.78 is 39.6. The van der Waals surface area contributed by atoms with Crippen LogP contribution in [0.1, 0.15) is 11.3 Å². The van der Waals surface area contributed by atoms with Crippen molar-refractivity contribution in [2.45, 2.75) is 12.6 Å². The Kier molecular flexibility index (Phi) is 4.23. The second-order valence-corrected chi connectivity index (χ2v) is 4.72. The lowest BCUT2D eigenvalue weighted by molar-refractivity contribution is -0.137. The van der Waals surface area contributed by atoms with E-state index in [1.165, 1.54) is 6.07 Å². The molecule has 0 radical (unpaired) electrons. The van der Waals surface area contributed by atoms with E-state index in [0.717, 1.165) is 17.8 Å². The second kappa shape index (κ2) is 5.75. The number of aryl methyl sites for hydroxylation is 1. The van der Waals surface area contributed by atoms with Crippen LogP contribution in [0.2, 0.25) is 5.02 Å². The molecule has 0 aliphatic rings. The number of alkyl halides is 3. The Morgan fingerprint density at radius 3 is 2.65 bits per heavy atom. The van der Waals surface area contributed by atoms with Crippen molar-refractivity contribution >= 4 is 17.3 Å². The van der Waals surface area contributed by atoms with Crippen molar-refractivity contribution in [2.24, 2.45) is 7.05 Å². The quantitative estimate of drug-likeness (QED) is 0.932. The molecule has 1 heterocycles. The number of hydrogen-bond acceptors (Lipinski definition) is 2. The summed E-state index contributed by atoms with van der Waals surface area (Å²) in [4.78, 5) is 0. The molecule has 0 unspecified atom stereocenters. The van der Waals surface area contributed by atoms with E-state index in [1.54, 1.807) is 10.9 Å². The highest BCUT2D eigenvalue weighted by Gasteiger charge is 2.30. The van der Waals surface area contributed by atoms with Gasteiger partial charge in [-0.15, -0.1) is 0 Å². The Morgan fingerprint density at radius 1 is 1.30 bits per heavy atom. The fourth-order valence-corrected chi connectivity index (χ4v) is 1.99. The Labute approximate surface area is 119 Å². The molecule has 0 saturated heterocycles. The van der Waals surface area contributed by atoms with Gasteiger partial charge in [-0.25, -0.2) is 0 Å². The molecule has 108 valence electrons. The predicted molar refractivity (Wildman–Crippen MR) is 71.9 cm³/mol. The highest BCUT2D eigenvalue weighted by atomic mass is 35.5. The zero-order valence-corrected chi connectivity index (χ0v) is 11.5. The van der Waals surface area contributed by atoms with E-state index in [4.69, 9.17) is 11.6 Å². The van der Waals surface area contributed by atoms with Crippen molar-refractivity contribution in [3.8, 4) is 0 Å². The molecule has 2 rings (SSSR count). The minimum Gasteiger partial charge on any atom is -0.383 e. The van der Waals surface area contributed by atoms with Gasteiger partial charge in [-0.2, -0.15) is 18.3 Å². The van der Waals surface area contributed by atoms with Gasteiger partial charge in [0, 0.05) is 31.9 Å². The van der Waals surface area contributed by atoms with Crippen molar-refractivity contribution in [1.82, 2.24) is 9.78 Å². The number of halogens is 4. The highest BCUT2D eigenvalue weighted by Crippen LogP contribution is 2.33. The van der Waals surface area contributed by atoms with Crippen molar-refractivity contribution in [3.05, 3.63) is 46.7 Å².